The first-order valence-electron chi connectivity index (χ1n) is 42.6. The van der Waals surface area contributed by atoms with Crippen molar-refractivity contribution in [2.45, 2.75) is 258 Å². The normalized spacial score (nSPS) is 31.9. The van der Waals surface area contributed by atoms with Crippen LogP contribution in [0, 0.1) is 0 Å². The topological polar surface area (TPSA) is 220 Å². The number of unbranched alkanes of at least 4 members (excludes halogenated alkanes) is 5. The number of rotatable bonds is 34. The lowest BCUT2D eigenvalue weighted by Crippen LogP contribution is -2.73. The van der Waals surface area contributed by atoms with Gasteiger partial charge in [-0.25, -0.2) is 0 Å². The summed E-state index contributed by atoms with van der Waals surface area (Å²) in [5.41, 5.74) is 6.79. The molecular weight excluding hydrogens is 1550 g/mol. The SMILES string of the molecule is COC(=O)CCCCCCCCOC1OC2COC(c3ccccc3)O[C@H]2[C@@H](OCc2ccccc2)C1O[C@H]1C[C@H](OCc2ccccc2)[C@]2(O[C@@H]3OC4COC(c5ccccc5)O[C@H]4[C@@H](OCc4ccccc4)C3O[C@@H]3OC4COC(c5ccccc5)O[C@H]4[C@@H](OCc4ccccc4)C3O[Si](C)(C)C(C)(C)C)OC(c3ccccc3)OCC2O1. The first-order chi connectivity index (χ1) is 58.7. The standard InChI is InChI=1S/C96H114O23Si/c1-95(2,3)120(5,6)119-87-84(103-59-67-43-25-14-26-44-67)81-73(61-105-90(115-81)70-49-31-17-32-50-70)109-93(87)116-86-83(102-58-66-41-23-13-24-42-66)80-74(62-106-89(114-80)69-47-29-16-30-48-69)110-94(86)118-96-75(100-56-64-37-19-11-20-38-64)55-78(111-76(96)63-107-91(117-96)71-51-33-18-34-52-71)112-85-82(101-57-65-39-21-12-22-40-65)79-72(60-104-88(113-79)68-45-27-15-28-46-68)108-92(85)99-54-36-10-8-7-9-35-53-77(97)98-4/h11-34,37-52,72-76,78-94H,7-10,35-36,53-63H2,1-6H3/t72?,73?,74?,75-,76?,78-,79+,80+,81+,82+,83+,84+,85?,86?,87?,88?,89?,90?,91?,92?,93-,94-,96+/m0/s1. The highest BCUT2D eigenvalue weighted by Gasteiger charge is 2.66. The van der Waals surface area contributed by atoms with E-state index in [9.17, 15) is 4.79 Å². The van der Waals surface area contributed by atoms with Crippen LogP contribution in [-0.4, -0.2) is 171 Å². The van der Waals surface area contributed by atoms with E-state index in [2.05, 4.69) is 33.9 Å². The molecule has 8 fully saturated rings. The molecule has 0 aromatic heterocycles. The molecule has 24 heteroatoms. The first kappa shape index (κ1) is 86.1. The van der Waals surface area contributed by atoms with Gasteiger partial charge in [0, 0.05) is 41.7 Å². The van der Waals surface area contributed by atoms with Gasteiger partial charge in [-0.3, -0.25) is 4.79 Å². The first-order valence-corrected chi connectivity index (χ1v) is 45.5. The molecule has 16 rings (SSSR count). The van der Waals surface area contributed by atoms with Crippen LogP contribution in [0.2, 0.25) is 18.1 Å². The van der Waals surface area contributed by atoms with Crippen molar-refractivity contribution < 1.29 is 109 Å². The van der Waals surface area contributed by atoms with Gasteiger partial charge in [-0.2, -0.15) is 0 Å². The molecule has 640 valence electrons. The van der Waals surface area contributed by atoms with E-state index in [1.165, 1.54) is 7.11 Å². The number of methoxy groups -OCH3 is 1. The van der Waals surface area contributed by atoms with E-state index in [-0.39, 0.29) is 70.3 Å². The molecule has 8 heterocycles. The van der Waals surface area contributed by atoms with Crippen molar-refractivity contribution in [1.82, 2.24) is 0 Å². The molecule has 8 aliphatic rings. The highest BCUT2D eigenvalue weighted by Crippen LogP contribution is 2.51. The number of carbonyl (C=O) groups excluding carboxylic acids is 1. The third kappa shape index (κ3) is 21.2. The van der Waals surface area contributed by atoms with Crippen LogP contribution >= 0.6 is 0 Å². The summed E-state index contributed by atoms with van der Waals surface area (Å²) in [5, 5.41) is -0.338. The summed E-state index contributed by atoms with van der Waals surface area (Å²) in [5.74, 6) is -2.19. The van der Waals surface area contributed by atoms with Gasteiger partial charge in [-0.05, 0) is 53.2 Å². The minimum Gasteiger partial charge on any atom is -0.469 e. The molecular formula is C96H114O23Si. The Labute approximate surface area is 704 Å². The van der Waals surface area contributed by atoms with E-state index >= 15 is 0 Å². The summed E-state index contributed by atoms with van der Waals surface area (Å²) < 4.78 is 159. The van der Waals surface area contributed by atoms with E-state index < -0.39 is 150 Å². The molecule has 12 unspecified atom stereocenters. The molecule has 0 aliphatic carbocycles. The van der Waals surface area contributed by atoms with Crippen LogP contribution in [0.25, 0.3) is 0 Å². The number of esters is 1. The Bertz CT molecular complexity index is 4380. The Balaban J connectivity index is 0.799. The van der Waals surface area contributed by atoms with E-state index in [4.69, 9.17) is 104 Å². The summed E-state index contributed by atoms with van der Waals surface area (Å²) in [6, 6.07) is 79.2. The molecule has 120 heavy (non-hydrogen) atoms. The number of benzene rings is 8. The molecule has 23 atom stereocenters. The molecule has 8 saturated heterocycles. The largest absolute Gasteiger partial charge is 0.469 e. The molecule has 0 spiro atoms. The van der Waals surface area contributed by atoms with Gasteiger partial charge in [-0.1, -0.05) is 289 Å². The summed E-state index contributed by atoms with van der Waals surface area (Å²) in [7, 11) is -1.46. The zero-order valence-electron chi connectivity index (χ0n) is 69.2. The Kier molecular flexibility index (Phi) is 29.4. The van der Waals surface area contributed by atoms with Gasteiger partial charge in [0.25, 0.3) is 0 Å². The fraction of sp³-hybridized carbons (Fsp3) is 0.490. The van der Waals surface area contributed by atoms with Gasteiger partial charge < -0.3 is 104 Å². The molecule has 8 aromatic rings. The van der Waals surface area contributed by atoms with Gasteiger partial charge in [0.1, 0.15) is 85.5 Å². The van der Waals surface area contributed by atoms with E-state index in [0.717, 1.165) is 71.0 Å². The summed E-state index contributed by atoms with van der Waals surface area (Å²) in [6.45, 7) is 12.1. The van der Waals surface area contributed by atoms with Crippen LogP contribution in [0.3, 0.4) is 0 Å². The minimum absolute atomic E-state index is 0.0331. The van der Waals surface area contributed by atoms with Crippen LogP contribution in [0.15, 0.2) is 243 Å². The fourth-order valence-corrected chi connectivity index (χ4v) is 17.8. The van der Waals surface area contributed by atoms with E-state index in [1.807, 2.05) is 243 Å². The lowest BCUT2D eigenvalue weighted by atomic mass is 9.93. The Morgan fingerprint density at radius 1 is 0.392 bits per heavy atom. The number of ether oxygens (including phenoxy) is 21. The van der Waals surface area contributed by atoms with Crippen molar-refractivity contribution in [2.75, 3.05) is 40.1 Å². The van der Waals surface area contributed by atoms with Gasteiger partial charge >= 0.3 is 5.97 Å². The third-order valence-electron chi connectivity index (χ3n) is 24.0. The number of hydrogen-bond donors (Lipinski definition) is 0. The van der Waals surface area contributed by atoms with Crippen molar-refractivity contribution in [1.29, 1.82) is 0 Å². The second kappa shape index (κ2) is 40.9. The maximum atomic E-state index is 11.9. The molecule has 23 nitrogen and oxygen atoms in total. The van der Waals surface area contributed by atoms with Crippen LogP contribution in [0.1, 0.15) is 142 Å². The van der Waals surface area contributed by atoms with Gasteiger partial charge in [0.2, 0.25) is 5.79 Å². The molecule has 8 aliphatic heterocycles. The van der Waals surface area contributed by atoms with Crippen molar-refractivity contribution in [2.24, 2.45) is 0 Å². The maximum Gasteiger partial charge on any atom is 0.305 e. The lowest BCUT2D eigenvalue weighted by Gasteiger charge is -2.57. The summed E-state index contributed by atoms with van der Waals surface area (Å²) in [4.78, 5) is 11.9. The second-order valence-electron chi connectivity index (χ2n) is 33.4. The highest BCUT2D eigenvalue weighted by atomic mass is 28.4. The van der Waals surface area contributed by atoms with E-state index in [1.54, 1.807) is 0 Å². The second-order valence-corrected chi connectivity index (χ2v) is 38.2. The number of carbonyl (C=O) groups is 1. The van der Waals surface area contributed by atoms with Gasteiger partial charge in [0.05, 0.1) is 60.0 Å². The monoisotopic (exact) mass is 1660 g/mol. The van der Waals surface area contributed by atoms with Crippen LogP contribution < -0.4 is 0 Å². The maximum absolute atomic E-state index is 11.9. The van der Waals surface area contributed by atoms with E-state index in [0.29, 0.717) is 25.0 Å². The Morgan fingerprint density at radius 3 is 1.21 bits per heavy atom. The zero-order chi connectivity index (χ0) is 82.3. The fourth-order valence-electron chi connectivity index (χ4n) is 16.6. The Hall–Kier alpha value is -7.39. The predicted octanol–water partition coefficient (Wildman–Crippen LogP) is 16.5. The quantitative estimate of drug-likeness (QED) is 0.0208. The highest BCUT2D eigenvalue weighted by molar-refractivity contribution is 6.74. The van der Waals surface area contributed by atoms with Crippen LogP contribution in [0.5, 0.6) is 0 Å². The molecule has 0 N–H and O–H groups in total. The molecule has 0 saturated carbocycles. The molecule has 0 bridgehead atoms. The minimum atomic E-state index is -2.89. The average molecular weight is 1660 g/mol. The average Bonchev–Trinajstić information content (AvgIpc) is 0.733. The third-order valence-corrected chi connectivity index (χ3v) is 28.5. The number of hydrogen-bond acceptors (Lipinski definition) is 23. The molecule has 0 radical (unpaired) electrons. The molecule has 0 amide bonds. The lowest BCUT2D eigenvalue weighted by molar-refractivity contribution is -0.496. The van der Waals surface area contributed by atoms with Gasteiger partial charge in [0.15, 0.2) is 58.6 Å². The van der Waals surface area contributed by atoms with Crippen molar-refractivity contribution in [3.05, 3.63) is 287 Å². The van der Waals surface area contributed by atoms with Gasteiger partial charge in [-0.15, -0.1) is 0 Å². The summed E-state index contributed by atoms with van der Waals surface area (Å²) in [6.07, 6.45) is -16.0. The number of fused-ring (bicyclic) bond motifs is 4. The van der Waals surface area contributed by atoms with Crippen molar-refractivity contribution >= 4 is 14.3 Å². The van der Waals surface area contributed by atoms with Crippen LogP contribution in [-0.2, 0) is 135 Å². The summed E-state index contributed by atoms with van der Waals surface area (Å²) >= 11 is 0. The van der Waals surface area contributed by atoms with Crippen molar-refractivity contribution in [3.8, 4) is 0 Å². The smallest absolute Gasteiger partial charge is 0.305 e. The van der Waals surface area contributed by atoms with Crippen LogP contribution in [0.4, 0.5) is 0 Å². The zero-order valence-corrected chi connectivity index (χ0v) is 70.2. The predicted molar refractivity (Wildman–Crippen MR) is 442 cm³/mol. The molecule has 8 aromatic carbocycles. The Morgan fingerprint density at radius 2 is 0.767 bits per heavy atom. The van der Waals surface area contributed by atoms with Crippen molar-refractivity contribution in [3.63, 3.8) is 0 Å².